The second-order valence-electron chi connectivity index (χ2n) is 10.6. The molecule has 184 valence electrons. The number of rotatable bonds is 8. The van der Waals surface area contributed by atoms with E-state index in [0.29, 0.717) is 11.1 Å². The standard InChI is InChI=1S/C30H41O3P/c1-17(2)16-34(33,29(31)27-22(8)12-19(5)13-23(27)9)30(32)28-24(10)14-21(7)26(25(28)11)15-20(6)18(3)4/h12-14,17H,15-16H2,1-11H3. The largest absolute Gasteiger partial charge is 0.307 e. The maximum absolute atomic E-state index is 14.5. The zero-order chi connectivity index (χ0) is 26.1. The zero-order valence-corrected chi connectivity index (χ0v) is 23.8. The van der Waals surface area contributed by atoms with Crippen molar-refractivity contribution in [2.75, 3.05) is 6.16 Å². The third kappa shape index (κ3) is 5.52. The molecular weight excluding hydrogens is 439 g/mol. The fourth-order valence-corrected chi connectivity index (χ4v) is 7.88. The number of carbonyl (C=O) groups is 2. The fraction of sp³-hybridized carbons (Fsp3) is 0.467. The molecule has 0 amide bonds. The molecule has 0 heterocycles. The molecule has 0 saturated carbocycles. The highest BCUT2D eigenvalue weighted by molar-refractivity contribution is 7.95. The third-order valence-corrected chi connectivity index (χ3v) is 9.81. The molecule has 0 radical (unpaired) electrons. The number of aryl methyl sites for hydroxylation is 5. The molecule has 0 fully saturated rings. The second kappa shape index (κ2) is 10.6. The van der Waals surface area contributed by atoms with Gasteiger partial charge in [-0.1, -0.05) is 48.8 Å². The van der Waals surface area contributed by atoms with Crippen LogP contribution in [0.15, 0.2) is 29.3 Å². The van der Waals surface area contributed by atoms with Crippen LogP contribution in [0.3, 0.4) is 0 Å². The van der Waals surface area contributed by atoms with Crippen LogP contribution in [0, 0.1) is 47.5 Å². The first-order valence-electron chi connectivity index (χ1n) is 12.1. The maximum Gasteiger partial charge on any atom is 0.229 e. The molecule has 0 aliphatic heterocycles. The van der Waals surface area contributed by atoms with Gasteiger partial charge in [0.15, 0.2) is 0 Å². The predicted octanol–water partition coefficient (Wildman–Crippen LogP) is 8.44. The molecule has 0 bridgehead atoms. The van der Waals surface area contributed by atoms with Crippen LogP contribution in [0.1, 0.15) is 94.3 Å². The van der Waals surface area contributed by atoms with Gasteiger partial charge in [0.05, 0.1) is 0 Å². The Balaban J connectivity index is 2.77. The van der Waals surface area contributed by atoms with Crippen LogP contribution in [-0.2, 0) is 11.0 Å². The Bertz CT molecular complexity index is 1200. The Labute approximate surface area is 206 Å². The van der Waals surface area contributed by atoms with E-state index in [1.807, 2.05) is 66.7 Å². The third-order valence-electron chi connectivity index (χ3n) is 6.81. The van der Waals surface area contributed by atoms with Gasteiger partial charge >= 0.3 is 0 Å². The summed E-state index contributed by atoms with van der Waals surface area (Å²) in [6.07, 6.45) is 0.811. The second-order valence-corrected chi connectivity index (χ2v) is 13.3. The van der Waals surface area contributed by atoms with Crippen molar-refractivity contribution in [2.45, 2.75) is 82.6 Å². The van der Waals surface area contributed by atoms with E-state index in [9.17, 15) is 14.2 Å². The highest BCUT2D eigenvalue weighted by Crippen LogP contribution is 2.55. The summed E-state index contributed by atoms with van der Waals surface area (Å²) in [5.41, 5.74) is 8.83. The van der Waals surface area contributed by atoms with Crippen molar-refractivity contribution in [3.63, 3.8) is 0 Å². The smallest absolute Gasteiger partial charge is 0.229 e. The van der Waals surface area contributed by atoms with Crippen LogP contribution in [-0.4, -0.2) is 17.2 Å². The minimum atomic E-state index is -3.90. The summed E-state index contributed by atoms with van der Waals surface area (Å²) in [6.45, 7) is 21.7. The molecule has 34 heavy (non-hydrogen) atoms. The van der Waals surface area contributed by atoms with E-state index >= 15 is 0 Å². The van der Waals surface area contributed by atoms with Crippen LogP contribution in [0.4, 0.5) is 0 Å². The molecule has 0 aliphatic carbocycles. The molecule has 0 aliphatic rings. The van der Waals surface area contributed by atoms with Crippen LogP contribution in [0.2, 0.25) is 0 Å². The van der Waals surface area contributed by atoms with Crippen molar-refractivity contribution < 1.29 is 14.2 Å². The molecule has 1 unspecified atom stereocenters. The SMILES string of the molecule is CC(C)=C(C)Cc1c(C)cc(C)c(C(=O)P(=O)(CC(C)C)C(=O)c2c(C)cc(C)cc2C)c1C. The van der Waals surface area contributed by atoms with Crippen LogP contribution in [0.5, 0.6) is 0 Å². The maximum atomic E-state index is 14.5. The topological polar surface area (TPSA) is 51.2 Å². The molecule has 2 rings (SSSR count). The van der Waals surface area contributed by atoms with Crippen molar-refractivity contribution in [2.24, 2.45) is 5.92 Å². The summed E-state index contributed by atoms with van der Waals surface area (Å²) in [5.74, 6) is -0.0526. The van der Waals surface area contributed by atoms with Crippen LogP contribution < -0.4 is 0 Å². The summed E-state index contributed by atoms with van der Waals surface area (Å²) >= 11 is 0. The minimum absolute atomic E-state index is 0.0526. The van der Waals surface area contributed by atoms with E-state index in [4.69, 9.17) is 0 Å². The molecule has 0 saturated heterocycles. The van der Waals surface area contributed by atoms with Gasteiger partial charge in [-0.25, -0.2) is 0 Å². The lowest BCUT2D eigenvalue weighted by Gasteiger charge is -2.24. The van der Waals surface area contributed by atoms with Crippen molar-refractivity contribution >= 4 is 18.2 Å². The van der Waals surface area contributed by atoms with Crippen molar-refractivity contribution in [1.82, 2.24) is 0 Å². The summed E-state index contributed by atoms with van der Waals surface area (Å²) in [5, 5.41) is 0. The zero-order valence-electron chi connectivity index (χ0n) is 22.9. The van der Waals surface area contributed by atoms with E-state index in [2.05, 4.69) is 27.7 Å². The number of allylic oxidation sites excluding steroid dienone is 2. The van der Waals surface area contributed by atoms with Gasteiger partial charge in [0.2, 0.25) is 18.2 Å². The van der Waals surface area contributed by atoms with E-state index < -0.39 is 18.2 Å². The molecule has 1 atom stereocenters. The number of hydrogen-bond donors (Lipinski definition) is 0. The van der Waals surface area contributed by atoms with E-state index in [1.54, 1.807) is 0 Å². The average molecular weight is 481 g/mol. The summed E-state index contributed by atoms with van der Waals surface area (Å²) in [6, 6.07) is 5.85. The molecule has 4 heteroatoms. The van der Waals surface area contributed by atoms with E-state index in [-0.39, 0.29) is 12.1 Å². The van der Waals surface area contributed by atoms with Crippen molar-refractivity contribution in [3.8, 4) is 0 Å². The highest BCUT2D eigenvalue weighted by atomic mass is 31.2. The van der Waals surface area contributed by atoms with Gasteiger partial charge in [-0.3, -0.25) is 9.59 Å². The van der Waals surface area contributed by atoms with Crippen molar-refractivity contribution in [1.29, 1.82) is 0 Å². The van der Waals surface area contributed by atoms with Crippen molar-refractivity contribution in [3.05, 3.63) is 79.4 Å². The molecule has 0 aromatic heterocycles. The average Bonchev–Trinajstić information content (AvgIpc) is 2.68. The quantitative estimate of drug-likeness (QED) is 0.281. The normalized spacial score (nSPS) is 13.1. The number of benzene rings is 2. The van der Waals surface area contributed by atoms with Gasteiger partial charge in [0.1, 0.15) is 0 Å². The summed E-state index contributed by atoms with van der Waals surface area (Å²) in [4.78, 5) is 28.1. The molecule has 2 aromatic carbocycles. The monoisotopic (exact) mass is 480 g/mol. The fourth-order valence-electron chi connectivity index (χ4n) is 4.92. The van der Waals surface area contributed by atoms with Crippen LogP contribution >= 0.6 is 7.14 Å². The Morgan fingerprint density at radius 1 is 0.765 bits per heavy atom. The highest BCUT2D eigenvalue weighted by Gasteiger charge is 2.43. The minimum Gasteiger partial charge on any atom is -0.307 e. The Morgan fingerprint density at radius 2 is 1.24 bits per heavy atom. The molecule has 2 aromatic rings. The van der Waals surface area contributed by atoms with Gasteiger partial charge in [0, 0.05) is 17.3 Å². The first-order valence-corrected chi connectivity index (χ1v) is 14.0. The van der Waals surface area contributed by atoms with Gasteiger partial charge < -0.3 is 4.57 Å². The molecule has 0 N–H and O–H groups in total. The van der Waals surface area contributed by atoms with Gasteiger partial charge in [-0.05, 0) is 108 Å². The Morgan fingerprint density at radius 3 is 1.71 bits per heavy atom. The number of carbonyl (C=O) groups excluding carboxylic acids is 2. The molecule has 0 spiro atoms. The first-order chi connectivity index (χ1) is 15.6. The van der Waals surface area contributed by atoms with E-state index in [1.165, 1.54) is 11.1 Å². The lowest BCUT2D eigenvalue weighted by molar-refractivity contribution is 0.103. The molecular formula is C30H41O3P. The van der Waals surface area contributed by atoms with Gasteiger partial charge in [-0.15, -0.1) is 0 Å². The molecule has 3 nitrogen and oxygen atoms in total. The van der Waals surface area contributed by atoms with Gasteiger partial charge in [-0.2, -0.15) is 0 Å². The number of hydrogen-bond acceptors (Lipinski definition) is 3. The summed E-state index contributed by atoms with van der Waals surface area (Å²) < 4.78 is 14.5. The first kappa shape index (κ1) is 28.0. The lowest BCUT2D eigenvalue weighted by atomic mass is 9.89. The van der Waals surface area contributed by atoms with E-state index in [0.717, 1.165) is 45.4 Å². The Hall–Kier alpha value is -2.25. The van der Waals surface area contributed by atoms with Gasteiger partial charge in [0.25, 0.3) is 0 Å². The lowest BCUT2D eigenvalue weighted by Crippen LogP contribution is -2.20. The predicted molar refractivity (Wildman–Crippen MR) is 145 cm³/mol. The Kier molecular flexibility index (Phi) is 8.70. The van der Waals surface area contributed by atoms with Crippen LogP contribution in [0.25, 0.3) is 0 Å². The summed E-state index contributed by atoms with van der Waals surface area (Å²) in [7, 11) is -3.90.